The van der Waals surface area contributed by atoms with E-state index in [-0.39, 0.29) is 0 Å². The molecule has 0 radical (unpaired) electrons. The summed E-state index contributed by atoms with van der Waals surface area (Å²) >= 11 is 0. The molecule has 110 valence electrons. The molecule has 0 amide bonds. The van der Waals surface area contributed by atoms with E-state index in [0.29, 0.717) is 15.8 Å². The second kappa shape index (κ2) is 5.93. The van der Waals surface area contributed by atoms with Crippen LogP contribution in [0.2, 0.25) is 0 Å². The average Bonchev–Trinajstić information content (AvgIpc) is 3.02. The lowest BCUT2D eigenvalue weighted by molar-refractivity contribution is 0.777. The summed E-state index contributed by atoms with van der Waals surface area (Å²) in [5.74, 6) is 0. The second-order valence-electron chi connectivity index (χ2n) is 7.51. The van der Waals surface area contributed by atoms with Crippen molar-refractivity contribution >= 4 is 15.8 Å². The molecule has 0 N–H and O–H groups in total. The van der Waals surface area contributed by atoms with E-state index < -0.39 is 0 Å². The summed E-state index contributed by atoms with van der Waals surface area (Å²) in [4.78, 5) is 0. The molecule has 1 saturated carbocycles. The molecule has 2 heterocycles. The van der Waals surface area contributed by atoms with Crippen LogP contribution in [0.15, 0.2) is 0 Å². The minimum Gasteiger partial charge on any atom is -0.0971 e. The van der Waals surface area contributed by atoms with E-state index in [4.69, 9.17) is 0 Å². The highest BCUT2D eigenvalue weighted by atomic mass is 31.1. The Hall–Kier alpha value is 0.860. The summed E-state index contributed by atoms with van der Waals surface area (Å²) in [5, 5.41) is 0. The van der Waals surface area contributed by atoms with Crippen LogP contribution >= 0.6 is 15.8 Å². The fraction of sp³-hybridized carbons (Fsp3) is 1.00. The monoisotopic (exact) mass is 298 g/mol. The first kappa shape index (κ1) is 14.8. The second-order valence-corrected chi connectivity index (χ2v) is 14.2. The van der Waals surface area contributed by atoms with Gasteiger partial charge in [-0.05, 0) is 72.5 Å². The van der Waals surface area contributed by atoms with E-state index in [1.54, 1.807) is 44.9 Å². The fourth-order valence-electron chi connectivity index (χ4n) is 5.35. The Kier molecular flexibility index (Phi) is 4.61. The molecule has 0 nitrogen and oxygen atoms in total. The van der Waals surface area contributed by atoms with Gasteiger partial charge < -0.3 is 0 Å². The first-order chi connectivity index (χ1) is 9.09. The van der Waals surface area contributed by atoms with Gasteiger partial charge in [0.15, 0.2) is 0 Å². The predicted octanol–water partition coefficient (Wildman–Crippen LogP) is 6.01. The molecule has 1 aliphatic carbocycles. The molecular weight excluding hydrogens is 266 g/mol. The summed E-state index contributed by atoms with van der Waals surface area (Å²) in [5.41, 5.74) is 6.68. The first-order valence-electron chi connectivity index (χ1n) is 8.64. The van der Waals surface area contributed by atoms with Crippen molar-refractivity contribution in [2.45, 2.75) is 107 Å². The molecule has 2 heteroatoms. The van der Waals surface area contributed by atoms with Crippen molar-refractivity contribution in [3.8, 4) is 0 Å². The van der Waals surface area contributed by atoms with Crippen LogP contribution in [0.3, 0.4) is 0 Å². The summed E-state index contributed by atoms with van der Waals surface area (Å²) in [6, 6.07) is 0. The van der Waals surface area contributed by atoms with E-state index in [1.165, 1.54) is 11.3 Å². The molecule has 0 aromatic rings. The minimum atomic E-state index is 0.354. The Bertz CT molecular complexity index is 266. The maximum absolute atomic E-state index is 2.58. The Morgan fingerprint density at radius 1 is 0.526 bits per heavy atom. The Morgan fingerprint density at radius 2 is 0.842 bits per heavy atom. The molecule has 19 heavy (non-hydrogen) atoms. The summed E-state index contributed by atoms with van der Waals surface area (Å²) in [6.07, 6.45) is 10.9. The highest BCUT2D eigenvalue weighted by Gasteiger charge is 2.47. The van der Waals surface area contributed by atoms with Gasteiger partial charge in [-0.3, -0.25) is 0 Å². The molecule has 0 spiro atoms. The van der Waals surface area contributed by atoms with Crippen molar-refractivity contribution < 1.29 is 0 Å². The lowest BCUT2D eigenvalue weighted by Gasteiger charge is -2.38. The van der Waals surface area contributed by atoms with Crippen molar-refractivity contribution in [1.29, 1.82) is 0 Å². The van der Waals surface area contributed by atoms with Gasteiger partial charge in [0.25, 0.3) is 0 Å². The van der Waals surface area contributed by atoms with Crippen molar-refractivity contribution in [1.82, 2.24) is 0 Å². The van der Waals surface area contributed by atoms with Crippen LogP contribution in [0.25, 0.3) is 0 Å². The van der Waals surface area contributed by atoms with Crippen molar-refractivity contribution in [3.05, 3.63) is 0 Å². The average molecular weight is 298 g/mol. The zero-order chi connectivity index (χ0) is 13.6. The van der Waals surface area contributed by atoms with Crippen molar-refractivity contribution in [2.24, 2.45) is 0 Å². The van der Waals surface area contributed by atoms with Crippen molar-refractivity contribution in [3.63, 3.8) is 0 Å². The number of hydrogen-bond acceptors (Lipinski definition) is 0. The summed E-state index contributed by atoms with van der Waals surface area (Å²) in [6.45, 7) is 10.3. The summed E-state index contributed by atoms with van der Waals surface area (Å²) in [7, 11) is 0.708. The molecule has 0 bridgehead atoms. The standard InChI is InChI=1S/C17H32P2/c1-12-8-9-13(2)18(12)16-6-5-7-17(16)19-14(3)10-11-15(19)4/h12-17H,5-11H2,1-4H3/t12-,13-,14-,15-,16-,17?/m0/s1. The molecular formula is C17H32P2. The SMILES string of the molecule is C[C@H]1CC[C@H](C)P1C1CCC[C@@H]1P1[C@@H](C)CC[C@@H]1C. The van der Waals surface area contributed by atoms with Crippen LogP contribution in [0.1, 0.15) is 72.6 Å². The zero-order valence-corrected chi connectivity index (χ0v) is 15.1. The predicted molar refractivity (Wildman–Crippen MR) is 91.6 cm³/mol. The van der Waals surface area contributed by atoms with Gasteiger partial charge in [-0.15, -0.1) is 0 Å². The van der Waals surface area contributed by atoms with Gasteiger partial charge in [-0.25, -0.2) is 0 Å². The van der Waals surface area contributed by atoms with Gasteiger partial charge in [0.05, 0.1) is 0 Å². The minimum absolute atomic E-state index is 0.354. The van der Waals surface area contributed by atoms with E-state index >= 15 is 0 Å². The zero-order valence-electron chi connectivity index (χ0n) is 13.3. The lowest BCUT2D eigenvalue weighted by Crippen LogP contribution is -2.25. The van der Waals surface area contributed by atoms with E-state index in [2.05, 4.69) is 27.7 Å². The largest absolute Gasteiger partial charge is 0.0971 e. The van der Waals surface area contributed by atoms with E-state index in [9.17, 15) is 0 Å². The van der Waals surface area contributed by atoms with Crippen molar-refractivity contribution in [2.75, 3.05) is 0 Å². The molecule has 3 fully saturated rings. The first-order valence-corrected chi connectivity index (χ1v) is 11.7. The lowest BCUT2D eigenvalue weighted by atomic mass is 10.2. The van der Waals surface area contributed by atoms with Crippen LogP contribution < -0.4 is 0 Å². The fourth-order valence-corrected chi connectivity index (χ4v) is 14.5. The number of rotatable bonds is 2. The van der Waals surface area contributed by atoms with E-state index in [1.807, 2.05) is 0 Å². The van der Waals surface area contributed by atoms with Gasteiger partial charge in [0.1, 0.15) is 0 Å². The third-order valence-electron chi connectivity index (χ3n) is 6.25. The summed E-state index contributed by atoms with van der Waals surface area (Å²) < 4.78 is 0. The topological polar surface area (TPSA) is 0 Å². The Morgan fingerprint density at radius 3 is 1.16 bits per heavy atom. The highest BCUT2D eigenvalue weighted by Crippen LogP contribution is 2.70. The molecule has 3 aliphatic rings. The molecule has 3 rings (SSSR count). The quantitative estimate of drug-likeness (QED) is 0.547. The smallest absolute Gasteiger partial charge is 0.0136 e. The van der Waals surface area contributed by atoms with Gasteiger partial charge in [0.2, 0.25) is 0 Å². The van der Waals surface area contributed by atoms with Crippen LogP contribution in [-0.4, -0.2) is 34.0 Å². The van der Waals surface area contributed by atoms with Gasteiger partial charge in [0, 0.05) is 0 Å². The van der Waals surface area contributed by atoms with Crippen LogP contribution in [0, 0.1) is 0 Å². The molecule has 6 atom stereocenters. The molecule has 2 saturated heterocycles. The normalized spacial score (nSPS) is 49.3. The van der Waals surface area contributed by atoms with E-state index in [0.717, 1.165) is 22.6 Å². The molecule has 0 aromatic carbocycles. The maximum atomic E-state index is 2.58. The third kappa shape index (κ3) is 2.66. The Balaban J connectivity index is 1.77. The molecule has 0 aromatic heterocycles. The molecule has 2 aliphatic heterocycles. The van der Waals surface area contributed by atoms with Gasteiger partial charge in [-0.1, -0.05) is 50.0 Å². The molecule has 1 unspecified atom stereocenters. The van der Waals surface area contributed by atoms with Gasteiger partial charge >= 0.3 is 0 Å². The van der Waals surface area contributed by atoms with Crippen LogP contribution in [-0.2, 0) is 0 Å². The van der Waals surface area contributed by atoms with Crippen LogP contribution in [0.5, 0.6) is 0 Å². The third-order valence-corrected chi connectivity index (χ3v) is 14.4. The Labute approximate surface area is 123 Å². The van der Waals surface area contributed by atoms with Crippen LogP contribution in [0.4, 0.5) is 0 Å². The van der Waals surface area contributed by atoms with Gasteiger partial charge in [-0.2, -0.15) is 0 Å². The number of hydrogen-bond donors (Lipinski definition) is 0. The highest BCUT2D eigenvalue weighted by molar-refractivity contribution is 7.64. The maximum Gasteiger partial charge on any atom is -0.0136 e.